The number of anilines is 2. The summed E-state index contributed by atoms with van der Waals surface area (Å²) in [5.74, 6) is -1.81. The number of nitrogens with zero attached hydrogens (tertiary/aromatic N) is 1. The van der Waals surface area contributed by atoms with Crippen LogP contribution in [0.1, 0.15) is 5.56 Å². The van der Waals surface area contributed by atoms with Gasteiger partial charge in [0.25, 0.3) is 0 Å². The lowest BCUT2D eigenvalue weighted by molar-refractivity contribution is -0.133. The number of fused-ring (bicyclic) bond motifs is 1. The second-order valence-electron chi connectivity index (χ2n) is 5.31. The Labute approximate surface area is 138 Å². The molecule has 0 atom stereocenters. The van der Waals surface area contributed by atoms with Gasteiger partial charge in [-0.05, 0) is 36.8 Å². The molecule has 2 aromatic carbocycles. The van der Waals surface area contributed by atoms with Gasteiger partial charge in [0.15, 0.2) is 0 Å². The molecule has 0 unspecified atom stereocenters. The predicted octanol–water partition coefficient (Wildman–Crippen LogP) is 2.83. The zero-order valence-corrected chi connectivity index (χ0v) is 12.9. The van der Waals surface area contributed by atoms with E-state index in [0.29, 0.717) is 11.2 Å². The third-order valence-corrected chi connectivity index (χ3v) is 3.49. The molecule has 3 aromatic rings. The quantitative estimate of drug-likeness (QED) is 0.500. The smallest absolute Gasteiger partial charge is 0.314 e. The normalized spacial score (nSPS) is 10.4. The Morgan fingerprint density at radius 1 is 0.958 bits per heavy atom. The van der Waals surface area contributed by atoms with Crippen molar-refractivity contribution in [1.29, 1.82) is 0 Å². The zero-order valence-electron chi connectivity index (χ0n) is 12.9. The number of benzene rings is 2. The molecule has 0 fully saturated rings. The van der Waals surface area contributed by atoms with Crippen molar-refractivity contribution in [3.05, 3.63) is 60.3 Å². The fourth-order valence-electron chi connectivity index (χ4n) is 2.31. The van der Waals surface area contributed by atoms with Crippen molar-refractivity contribution >= 4 is 34.1 Å². The highest BCUT2D eigenvalue weighted by Gasteiger charge is 2.17. The van der Waals surface area contributed by atoms with E-state index in [4.69, 9.17) is 0 Å². The first-order valence-corrected chi connectivity index (χ1v) is 7.30. The van der Waals surface area contributed by atoms with Crippen LogP contribution in [0, 0.1) is 6.92 Å². The minimum atomic E-state index is -0.871. The van der Waals surface area contributed by atoms with Crippen molar-refractivity contribution < 1.29 is 14.7 Å². The van der Waals surface area contributed by atoms with E-state index < -0.39 is 11.8 Å². The van der Waals surface area contributed by atoms with Crippen molar-refractivity contribution in [3.8, 4) is 5.75 Å². The number of aromatic hydroxyl groups is 1. The summed E-state index contributed by atoms with van der Waals surface area (Å²) in [4.78, 5) is 28.4. The monoisotopic (exact) mass is 321 g/mol. The molecule has 0 saturated carbocycles. The Balaban J connectivity index is 1.79. The first-order chi connectivity index (χ1) is 11.5. The van der Waals surface area contributed by atoms with Gasteiger partial charge in [-0.25, -0.2) is 0 Å². The molecule has 6 heteroatoms. The summed E-state index contributed by atoms with van der Waals surface area (Å²) < 4.78 is 0. The maximum atomic E-state index is 12.1. The lowest BCUT2D eigenvalue weighted by Gasteiger charge is -2.10. The summed E-state index contributed by atoms with van der Waals surface area (Å²) >= 11 is 0. The molecule has 0 bridgehead atoms. The van der Waals surface area contributed by atoms with Gasteiger partial charge in [0, 0.05) is 11.6 Å². The van der Waals surface area contributed by atoms with Crippen LogP contribution in [0.2, 0.25) is 0 Å². The first kappa shape index (κ1) is 15.5. The van der Waals surface area contributed by atoms with Gasteiger partial charge in [-0.15, -0.1) is 0 Å². The number of para-hydroxylation sites is 1. The number of phenols is 1. The average molecular weight is 321 g/mol. The van der Waals surface area contributed by atoms with E-state index in [2.05, 4.69) is 15.6 Å². The van der Waals surface area contributed by atoms with Crippen molar-refractivity contribution in [2.24, 2.45) is 0 Å². The van der Waals surface area contributed by atoms with Crippen LogP contribution in [-0.4, -0.2) is 21.9 Å². The number of hydrogen-bond donors (Lipinski definition) is 3. The Morgan fingerprint density at radius 2 is 1.67 bits per heavy atom. The summed E-state index contributed by atoms with van der Waals surface area (Å²) in [6.07, 6.45) is 1.61. The summed E-state index contributed by atoms with van der Waals surface area (Å²) in [5, 5.41) is 15.5. The van der Waals surface area contributed by atoms with Gasteiger partial charge in [-0.3, -0.25) is 14.6 Å². The number of nitrogens with one attached hydrogen (secondary N) is 2. The minimum Gasteiger partial charge on any atom is -0.506 e. The fraction of sp³-hybridized carbons (Fsp3) is 0.0556. The van der Waals surface area contributed by atoms with Crippen LogP contribution in [-0.2, 0) is 9.59 Å². The number of rotatable bonds is 2. The Kier molecular flexibility index (Phi) is 4.11. The van der Waals surface area contributed by atoms with E-state index in [1.807, 2.05) is 19.1 Å². The summed E-state index contributed by atoms with van der Waals surface area (Å²) in [6.45, 7) is 1.82. The number of carbonyl (C=O) groups excluding carboxylic acids is 2. The number of phenolic OH excluding ortho intramolecular Hbond substituents is 1. The van der Waals surface area contributed by atoms with E-state index >= 15 is 0 Å². The Hall–Kier alpha value is -3.41. The van der Waals surface area contributed by atoms with Gasteiger partial charge < -0.3 is 15.7 Å². The highest BCUT2D eigenvalue weighted by molar-refractivity contribution is 6.44. The molecule has 0 aliphatic rings. The molecule has 0 aliphatic carbocycles. The average Bonchev–Trinajstić information content (AvgIpc) is 2.58. The molecule has 0 spiro atoms. The predicted molar refractivity (Wildman–Crippen MR) is 91.8 cm³/mol. The molecule has 0 aliphatic heterocycles. The zero-order chi connectivity index (χ0) is 17.1. The van der Waals surface area contributed by atoms with Crippen LogP contribution in [0.25, 0.3) is 10.9 Å². The number of amides is 2. The Bertz CT molecular complexity index is 932. The van der Waals surface area contributed by atoms with Gasteiger partial charge in [0.1, 0.15) is 5.75 Å². The first-order valence-electron chi connectivity index (χ1n) is 7.30. The Morgan fingerprint density at radius 3 is 2.46 bits per heavy atom. The molecule has 6 nitrogen and oxygen atoms in total. The molecule has 0 saturated heterocycles. The van der Waals surface area contributed by atoms with Crippen LogP contribution in [0.15, 0.2) is 54.7 Å². The van der Waals surface area contributed by atoms with Crippen molar-refractivity contribution in [1.82, 2.24) is 4.98 Å². The number of aryl methyl sites for hydroxylation is 1. The van der Waals surface area contributed by atoms with Crippen LogP contribution in [0.5, 0.6) is 5.75 Å². The van der Waals surface area contributed by atoms with Crippen LogP contribution >= 0.6 is 0 Å². The maximum Gasteiger partial charge on any atom is 0.314 e. The third-order valence-electron chi connectivity index (χ3n) is 3.49. The molecule has 120 valence electrons. The van der Waals surface area contributed by atoms with Crippen molar-refractivity contribution in [2.45, 2.75) is 6.92 Å². The van der Waals surface area contributed by atoms with Crippen molar-refractivity contribution in [3.63, 3.8) is 0 Å². The molecule has 3 N–H and O–H groups in total. The highest BCUT2D eigenvalue weighted by Crippen LogP contribution is 2.24. The van der Waals surface area contributed by atoms with E-state index in [0.717, 1.165) is 10.9 Å². The molecule has 24 heavy (non-hydrogen) atoms. The number of carbonyl (C=O) groups is 2. The molecule has 3 rings (SSSR count). The standard InChI is InChI=1S/C18H15N3O3/c1-11-7-8-15(22)14(10-11)21-18(24)17(23)20-13-6-2-4-12-5-3-9-19-16(12)13/h2-10,22H,1H3,(H,20,23)(H,21,24). The van der Waals surface area contributed by atoms with E-state index in [1.54, 1.807) is 36.5 Å². The van der Waals surface area contributed by atoms with Gasteiger partial charge in [0.05, 0.1) is 16.9 Å². The number of pyridine rings is 1. The van der Waals surface area contributed by atoms with Gasteiger partial charge in [0.2, 0.25) is 0 Å². The van der Waals surface area contributed by atoms with E-state index in [-0.39, 0.29) is 11.4 Å². The molecule has 1 aromatic heterocycles. The largest absolute Gasteiger partial charge is 0.506 e. The molecular formula is C18H15N3O3. The van der Waals surface area contributed by atoms with Gasteiger partial charge in [-0.1, -0.05) is 24.3 Å². The van der Waals surface area contributed by atoms with Gasteiger partial charge >= 0.3 is 11.8 Å². The number of hydrogen-bond acceptors (Lipinski definition) is 4. The van der Waals surface area contributed by atoms with Crippen molar-refractivity contribution in [2.75, 3.05) is 10.6 Å². The molecule has 1 heterocycles. The minimum absolute atomic E-state index is 0.103. The third kappa shape index (κ3) is 3.17. The SMILES string of the molecule is Cc1ccc(O)c(NC(=O)C(=O)Nc2cccc3cccnc23)c1. The lowest BCUT2D eigenvalue weighted by Crippen LogP contribution is -2.29. The summed E-state index contributed by atoms with van der Waals surface area (Å²) in [6, 6.07) is 13.7. The molecule has 0 radical (unpaired) electrons. The van der Waals surface area contributed by atoms with Crippen LogP contribution in [0.4, 0.5) is 11.4 Å². The van der Waals surface area contributed by atoms with E-state index in [1.165, 1.54) is 6.07 Å². The topological polar surface area (TPSA) is 91.3 Å². The second kappa shape index (κ2) is 6.37. The number of aromatic nitrogens is 1. The molecule has 2 amide bonds. The fourth-order valence-corrected chi connectivity index (χ4v) is 2.31. The van der Waals surface area contributed by atoms with Crippen LogP contribution in [0.3, 0.4) is 0 Å². The highest BCUT2D eigenvalue weighted by atomic mass is 16.3. The summed E-state index contributed by atoms with van der Waals surface area (Å²) in [5.41, 5.74) is 2.08. The lowest BCUT2D eigenvalue weighted by atomic mass is 10.2. The van der Waals surface area contributed by atoms with Gasteiger partial charge in [-0.2, -0.15) is 0 Å². The summed E-state index contributed by atoms with van der Waals surface area (Å²) in [7, 11) is 0. The van der Waals surface area contributed by atoms with E-state index in [9.17, 15) is 14.7 Å². The second-order valence-corrected chi connectivity index (χ2v) is 5.31. The maximum absolute atomic E-state index is 12.1. The molecular weight excluding hydrogens is 306 g/mol. The van der Waals surface area contributed by atoms with Crippen LogP contribution < -0.4 is 10.6 Å².